The van der Waals surface area contributed by atoms with E-state index in [9.17, 15) is 4.79 Å². The highest BCUT2D eigenvalue weighted by molar-refractivity contribution is 7.99. The molecule has 0 radical (unpaired) electrons. The maximum Gasteiger partial charge on any atom is 0.254 e. The number of nitrogens with one attached hydrogen (secondary N) is 2. The predicted molar refractivity (Wildman–Crippen MR) is 58.5 cm³/mol. The van der Waals surface area contributed by atoms with Crippen LogP contribution in [-0.4, -0.2) is 34.2 Å². The Hall–Kier alpha value is -0.970. The third-order valence-electron chi connectivity index (χ3n) is 2.00. The molecule has 1 heterocycles. The van der Waals surface area contributed by atoms with Crippen LogP contribution < -0.4 is 5.32 Å². The van der Waals surface area contributed by atoms with Crippen molar-refractivity contribution in [1.82, 2.24) is 15.5 Å². The largest absolute Gasteiger partial charge is 0.352 e. The van der Waals surface area contributed by atoms with E-state index in [1.807, 2.05) is 0 Å². The highest BCUT2D eigenvalue weighted by Crippen LogP contribution is 2.08. The molecule has 1 aromatic heterocycles. The number of carbonyl (C=O) groups is 1. The molecule has 0 fully saturated rings. The summed E-state index contributed by atoms with van der Waals surface area (Å²) in [5, 5.41) is 9.74. The fourth-order valence-electron chi connectivity index (χ4n) is 0.984. The summed E-state index contributed by atoms with van der Waals surface area (Å²) in [6.07, 6.45) is 6.17. The number of amides is 1. The molecule has 1 atom stereocenters. The first kappa shape index (κ1) is 11.1. The molecule has 0 saturated carbocycles. The van der Waals surface area contributed by atoms with Gasteiger partial charge in [-0.15, -0.1) is 0 Å². The Morgan fingerprint density at radius 2 is 2.57 bits per heavy atom. The minimum absolute atomic E-state index is 0.0629. The van der Waals surface area contributed by atoms with E-state index in [1.54, 1.807) is 18.0 Å². The average Bonchev–Trinajstić information content (AvgIpc) is 2.70. The molecule has 78 valence electrons. The molecule has 0 saturated heterocycles. The summed E-state index contributed by atoms with van der Waals surface area (Å²) in [6.45, 7) is 2.86. The smallest absolute Gasteiger partial charge is 0.254 e. The summed E-state index contributed by atoms with van der Waals surface area (Å²) in [5.41, 5.74) is 0.585. The van der Waals surface area contributed by atoms with Crippen LogP contribution in [0.1, 0.15) is 23.7 Å². The second-order valence-electron chi connectivity index (χ2n) is 3.08. The summed E-state index contributed by atoms with van der Waals surface area (Å²) in [7, 11) is 0. The monoisotopic (exact) mass is 213 g/mol. The van der Waals surface area contributed by atoms with Gasteiger partial charge in [-0.25, -0.2) is 0 Å². The Kier molecular flexibility index (Phi) is 4.52. The summed E-state index contributed by atoms with van der Waals surface area (Å²) in [4.78, 5) is 11.4. The normalized spacial score (nSPS) is 12.4. The molecule has 1 aromatic rings. The van der Waals surface area contributed by atoms with Crippen LogP contribution in [-0.2, 0) is 0 Å². The molecule has 0 aliphatic heterocycles. The molecule has 5 heteroatoms. The van der Waals surface area contributed by atoms with Crippen LogP contribution in [0, 0.1) is 0 Å². The van der Waals surface area contributed by atoms with Crippen molar-refractivity contribution in [2.45, 2.75) is 18.6 Å². The van der Waals surface area contributed by atoms with Crippen LogP contribution in [0.15, 0.2) is 12.4 Å². The zero-order chi connectivity index (χ0) is 10.4. The molecule has 0 bridgehead atoms. The van der Waals surface area contributed by atoms with Crippen molar-refractivity contribution in [2.75, 3.05) is 12.8 Å². The average molecular weight is 213 g/mol. The minimum atomic E-state index is -0.0629. The van der Waals surface area contributed by atoms with E-state index in [0.717, 1.165) is 6.42 Å². The van der Waals surface area contributed by atoms with Crippen LogP contribution in [0.25, 0.3) is 0 Å². The molecule has 0 aliphatic rings. The van der Waals surface area contributed by atoms with Gasteiger partial charge >= 0.3 is 0 Å². The molecule has 1 amide bonds. The molecular weight excluding hydrogens is 198 g/mol. The lowest BCUT2D eigenvalue weighted by molar-refractivity contribution is 0.0953. The molecule has 0 aliphatic carbocycles. The number of H-pyrrole nitrogens is 1. The van der Waals surface area contributed by atoms with Crippen molar-refractivity contribution in [2.24, 2.45) is 0 Å². The molecule has 4 nitrogen and oxygen atoms in total. The lowest BCUT2D eigenvalue weighted by Gasteiger charge is -2.08. The number of aromatic amines is 1. The van der Waals surface area contributed by atoms with Crippen molar-refractivity contribution in [3.8, 4) is 0 Å². The van der Waals surface area contributed by atoms with Crippen molar-refractivity contribution in [3.05, 3.63) is 18.0 Å². The lowest BCUT2D eigenvalue weighted by atomic mass is 10.3. The second-order valence-corrected chi connectivity index (χ2v) is 4.35. The van der Waals surface area contributed by atoms with Gasteiger partial charge in [0.25, 0.3) is 5.91 Å². The standard InChI is InChI=1S/C9H15N3OS/c1-7(14-2)3-4-10-9(13)8-5-11-12-6-8/h5-7H,3-4H2,1-2H3,(H,10,13)(H,11,12). The second kappa shape index (κ2) is 5.70. The van der Waals surface area contributed by atoms with Gasteiger partial charge in [-0.05, 0) is 12.7 Å². The molecule has 14 heavy (non-hydrogen) atoms. The zero-order valence-corrected chi connectivity index (χ0v) is 9.23. The van der Waals surface area contributed by atoms with E-state index in [1.165, 1.54) is 6.20 Å². The van der Waals surface area contributed by atoms with Gasteiger partial charge in [-0.1, -0.05) is 6.92 Å². The first-order valence-corrected chi connectivity index (χ1v) is 5.82. The summed E-state index contributed by atoms with van der Waals surface area (Å²) < 4.78 is 0. The fourth-order valence-corrected chi connectivity index (χ4v) is 1.34. The van der Waals surface area contributed by atoms with Crippen LogP contribution in [0.3, 0.4) is 0 Å². The molecule has 1 rings (SSSR count). The number of thioether (sulfide) groups is 1. The number of hydrogen-bond donors (Lipinski definition) is 2. The number of rotatable bonds is 5. The van der Waals surface area contributed by atoms with Crippen LogP contribution >= 0.6 is 11.8 Å². The third-order valence-corrected chi connectivity index (χ3v) is 3.04. The molecular formula is C9H15N3OS. The summed E-state index contributed by atoms with van der Waals surface area (Å²) >= 11 is 1.80. The predicted octanol–water partition coefficient (Wildman–Crippen LogP) is 1.28. The Bertz CT molecular complexity index is 274. The van der Waals surface area contributed by atoms with Gasteiger partial charge in [0.2, 0.25) is 0 Å². The van der Waals surface area contributed by atoms with Gasteiger partial charge in [0.1, 0.15) is 0 Å². The summed E-state index contributed by atoms with van der Waals surface area (Å²) in [5.74, 6) is -0.0629. The van der Waals surface area contributed by atoms with Gasteiger partial charge < -0.3 is 5.32 Å². The first-order chi connectivity index (χ1) is 6.74. The maximum atomic E-state index is 11.4. The van der Waals surface area contributed by atoms with E-state index in [2.05, 4.69) is 28.7 Å². The Labute approximate surface area is 87.9 Å². The quantitative estimate of drug-likeness (QED) is 0.774. The summed E-state index contributed by atoms with van der Waals surface area (Å²) in [6, 6.07) is 0. The highest BCUT2D eigenvalue weighted by atomic mass is 32.2. The fraction of sp³-hybridized carbons (Fsp3) is 0.556. The van der Waals surface area contributed by atoms with Crippen molar-refractivity contribution in [1.29, 1.82) is 0 Å². The maximum absolute atomic E-state index is 11.4. The molecule has 2 N–H and O–H groups in total. The first-order valence-electron chi connectivity index (χ1n) is 4.54. The SMILES string of the molecule is CSC(C)CCNC(=O)c1cn[nH]c1. The van der Waals surface area contributed by atoms with E-state index in [-0.39, 0.29) is 5.91 Å². The number of aromatic nitrogens is 2. The minimum Gasteiger partial charge on any atom is -0.352 e. The van der Waals surface area contributed by atoms with Crippen LogP contribution in [0.2, 0.25) is 0 Å². The number of nitrogens with zero attached hydrogens (tertiary/aromatic N) is 1. The van der Waals surface area contributed by atoms with E-state index in [0.29, 0.717) is 17.4 Å². The van der Waals surface area contributed by atoms with Crippen LogP contribution in [0.5, 0.6) is 0 Å². The van der Waals surface area contributed by atoms with Gasteiger partial charge in [0, 0.05) is 18.0 Å². The van der Waals surface area contributed by atoms with Gasteiger partial charge in [-0.3, -0.25) is 9.89 Å². The van der Waals surface area contributed by atoms with Crippen molar-refractivity contribution in [3.63, 3.8) is 0 Å². The van der Waals surface area contributed by atoms with Gasteiger partial charge in [-0.2, -0.15) is 16.9 Å². The Balaban J connectivity index is 2.23. The third kappa shape index (κ3) is 3.41. The zero-order valence-electron chi connectivity index (χ0n) is 8.41. The van der Waals surface area contributed by atoms with Crippen molar-refractivity contribution < 1.29 is 4.79 Å². The van der Waals surface area contributed by atoms with Gasteiger partial charge in [0.15, 0.2) is 0 Å². The Morgan fingerprint density at radius 1 is 1.79 bits per heavy atom. The van der Waals surface area contributed by atoms with E-state index < -0.39 is 0 Å². The van der Waals surface area contributed by atoms with E-state index in [4.69, 9.17) is 0 Å². The van der Waals surface area contributed by atoms with Crippen LogP contribution in [0.4, 0.5) is 0 Å². The Morgan fingerprint density at radius 3 is 3.14 bits per heavy atom. The molecule has 0 spiro atoms. The topological polar surface area (TPSA) is 57.8 Å². The number of carbonyl (C=O) groups excluding carboxylic acids is 1. The molecule has 1 unspecified atom stereocenters. The van der Waals surface area contributed by atoms with E-state index >= 15 is 0 Å². The van der Waals surface area contributed by atoms with Crippen molar-refractivity contribution >= 4 is 17.7 Å². The molecule has 0 aromatic carbocycles. The number of hydrogen-bond acceptors (Lipinski definition) is 3. The van der Waals surface area contributed by atoms with Gasteiger partial charge in [0.05, 0.1) is 11.8 Å². The lowest BCUT2D eigenvalue weighted by Crippen LogP contribution is -2.25. The highest BCUT2D eigenvalue weighted by Gasteiger charge is 2.06.